The minimum Gasteiger partial charge on any atom is -0.387 e. The molecule has 1 aliphatic carbocycles. The topological polar surface area (TPSA) is 70.1 Å². The summed E-state index contributed by atoms with van der Waals surface area (Å²) in [7, 11) is 0. The Bertz CT molecular complexity index is 494. The Morgan fingerprint density at radius 3 is 2.58 bits per heavy atom. The highest BCUT2D eigenvalue weighted by Gasteiger charge is 2.51. The lowest BCUT2D eigenvalue weighted by atomic mass is 9.84. The van der Waals surface area contributed by atoms with E-state index in [1.807, 2.05) is 0 Å². The number of hydrogen-bond acceptors (Lipinski definition) is 4. The predicted octanol–water partition coefficient (Wildman–Crippen LogP) is 3.40. The molecule has 4 heteroatoms. The highest BCUT2D eigenvalue weighted by molar-refractivity contribution is 5.79. The van der Waals surface area contributed by atoms with Gasteiger partial charge in [-0.2, -0.15) is 0 Å². The fourth-order valence-electron chi connectivity index (χ4n) is 3.72. The zero-order chi connectivity index (χ0) is 18.1. The number of aliphatic hydroxyl groups is 2. The van der Waals surface area contributed by atoms with Crippen LogP contribution in [-0.2, 0) is 9.53 Å². The van der Waals surface area contributed by atoms with Crippen molar-refractivity contribution in [3.8, 4) is 0 Å². The Kier molecular flexibility index (Phi) is 5.94. The Labute approximate surface area is 146 Å². The maximum absolute atomic E-state index is 12.3. The molecule has 24 heavy (non-hydrogen) atoms. The van der Waals surface area contributed by atoms with Crippen molar-refractivity contribution in [1.82, 2.24) is 0 Å². The van der Waals surface area contributed by atoms with Crippen LogP contribution in [0.3, 0.4) is 0 Å². The maximum atomic E-state index is 12.3. The average Bonchev–Trinajstić information content (AvgIpc) is 3.10. The molecule has 2 rings (SSSR count). The summed E-state index contributed by atoms with van der Waals surface area (Å²) in [6.45, 7) is 9.98. The van der Waals surface area contributed by atoms with Crippen molar-refractivity contribution in [1.29, 1.82) is 0 Å². The molecular formula is C20H34O4. The summed E-state index contributed by atoms with van der Waals surface area (Å²) in [5.74, 6) is 0.589. The van der Waals surface area contributed by atoms with Crippen molar-refractivity contribution in [3.63, 3.8) is 0 Å². The molecule has 2 N–H and O–H groups in total. The molecule has 1 fully saturated rings. The molecule has 0 amide bonds. The molecule has 1 saturated heterocycles. The van der Waals surface area contributed by atoms with Crippen molar-refractivity contribution >= 4 is 5.78 Å². The lowest BCUT2D eigenvalue weighted by Gasteiger charge is -2.28. The largest absolute Gasteiger partial charge is 0.387 e. The van der Waals surface area contributed by atoms with Gasteiger partial charge in [-0.15, -0.1) is 0 Å². The van der Waals surface area contributed by atoms with Crippen LogP contribution in [0.5, 0.6) is 0 Å². The summed E-state index contributed by atoms with van der Waals surface area (Å²) in [5, 5.41) is 21.1. The van der Waals surface area contributed by atoms with E-state index in [9.17, 15) is 15.0 Å². The lowest BCUT2D eigenvalue weighted by Crippen LogP contribution is -2.40. The molecule has 138 valence electrons. The number of hydrogen-bond donors (Lipinski definition) is 2. The monoisotopic (exact) mass is 338 g/mol. The average molecular weight is 338 g/mol. The molecule has 1 heterocycles. The van der Waals surface area contributed by atoms with E-state index in [0.717, 1.165) is 31.3 Å². The molecule has 0 unspecified atom stereocenters. The van der Waals surface area contributed by atoms with Gasteiger partial charge in [-0.1, -0.05) is 32.4 Å². The van der Waals surface area contributed by atoms with Crippen LogP contribution < -0.4 is 0 Å². The van der Waals surface area contributed by atoms with Crippen molar-refractivity contribution in [3.05, 3.63) is 11.6 Å². The number of epoxide rings is 1. The van der Waals surface area contributed by atoms with E-state index < -0.39 is 11.7 Å². The summed E-state index contributed by atoms with van der Waals surface area (Å²) in [6.07, 6.45) is 5.21. The first-order valence-corrected chi connectivity index (χ1v) is 9.34. The van der Waals surface area contributed by atoms with Crippen LogP contribution in [0.1, 0.15) is 73.1 Å². The number of Topliss-reactive ketones (excluding diaryl/α,β-unsaturated/α-hetero) is 1. The van der Waals surface area contributed by atoms with Crippen LogP contribution in [0.2, 0.25) is 0 Å². The Hall–Kier alpha value is -0.710. The Morgan fingerprint density at radius 2 is 1.96 bits per heavy atom. The molecule has 2 aliphatic rings. The van der Waals surface area contributed by atoms with Gasteiger partial charge < -0.3 is 14.9 Å². The van der Waals surface area contributed by atoms with Crippen LogP contribution >= 0.6 is 0 Å². The highest BCUT2D eigenvalue weighted by atomic mass is 16.6. The summed E-state index contributed by atoms with van der Waals surface area (Å²) in [4.78, 5) is 12.3. The molecule has 1 aliphatic heterocycles. The van der Waals surface area contributed by atoms with Crippen molar-refractivity contribution in [2.45, 2.75) is 96.6 Å². The van der Waals surface area contributed by atoms with E-state index in [-0.39, 0.29) is 23.7 Å². The number of ketones is 1. The molecule has 0 radical (unpaired) electrons. The van der Waals surface area contributed by atoms with Crippen LogP contribution in [0.15, 0.2) is 11.6 Å². The summed E-state index contributed by atoms with van der Waals surface area (Å²) in [5.41, 5.74) is -0.366. The van der Waals surface area contributed by atoms with E-state index in [2.05, 4.69) is 27.7 Å². The smallest absolute Gasteiger partial charge is 0.136 e. The van der Waals surface area contributed by atoms with Gasteiger partial charge in [0.1, 0.15) is 11.9 Å². The molecule has 4 nitrogen and oxygen atoms in total. The van der Waals surface area contributed by atoms with Gasteiger partial charge in [-0.25, -0.2) is 0 Å². The third kappa shape index (κ3) is 4.90. The number of allylic oxidation sites excluding steroid dienone is 1. The first-order valence-electron chi connectivity index (χ1n) is 9.34. The van der Waals surface area contributed by atoms with Gasteiger partial charge in [0.2, 0.25) is 0 Å². The van der Waals surface area contributed by atoms with E-state index in [1.54, 1.807) is 13.0 Å². The minimum absolute atomic E-state index is 0.00196. The second kappa shape index (κ2) is 7.27. The van der Waals surface area contributed by atoms with E-state index >= 15 is 0 Å². The third-order valence-corrected chi connectivity index (χ3v) is 5.75. The van der Waals surface area contributed by atoms with Gasteiger partial charge in [0, 0.05) is 12.8 Å². The number of aliphatic hydroxyl groups excluding tert-OH is 1. The number of fused-ring (bicyclic) bond motifs is 1. The van der Waals surface area contributed by atoms with Crippen molar-refractivity contribution in [2.24, 2.45) is 11.8 Å². The normalized spacial score (nSPS) is 44.4. The zero-order valence-electron chi connectivity index (χ0n) is 15.8. The second-order valence-electron chi connectivity index (χ2n) is 8.72. The molecule has 0 aromatic rings. The number of carbonyl (C=O) groups excluding carboxylic acids is 1. The Balaban J connectivity index is 2.21. The van der Waals surface area contributed by atoms with Gasteiger partial charge in [-0.3, -0.25) is 4.79 Å². The molecule has 0 spiro atoms. The molecule has 5 atom stereocenters. The lowest BCUT2D eigenvalue weighted by molar-refractivity contribution is -0.128. The van der Waals surface area contributed by atoms with Crippen LogP contribution in [0.25, 0.3) is 0 Å². The first kappa shape index (κ1) is 19.6. The first-order chi connectivity index (χ1) is 11.0. The molecule has 0 saturated carbocycles. The molecule has 0 aromatic heterocycles. The third-order valence-electron chi connectivity index (χ3n) is 5.75. The van der Waals surface area contributed by atoms with E-state index in [4.69, 9.17) is 4.74 Å². The summed E-state index contributed by atoms with van der Waals surface area (Å²) < 4.78 is 5.93. The quantitative estimate of drug-likeness (QED) is 0.568. The fourth-order valence-corrected chi connectivity index (χ4v) is 3.72. The van der Waals surface area contributed by atoms with Crippen LogP contribution in [0.4, 0.5) is 0 Å². The van der Waals surface area contributed by atoms with Crippen LogP contribution in [-0.4, -0.2) is 39.4 Å². The van der Waals surface area contributed by atoms with Gasteiger partial charge in [0.25, 0.3) is 0 Å². The summed E-state index contributed by atoms with van der Waals surface area (Å²) in [6, 6.07) is 0. The van der Waals surface area contributed by atoms with E-state index in [0.29, 0.717) is 18.4 Å². The van der Waals surface area contributed by atoms with Crippen molar-refractivity contribution in [2.75, 3.05) is 0 Å². The zero-order valence-corrected chi connectivity index (χ0v) is 15.8. The predicted molar refractivity (Wildman–Crippen MR) is 94.7 cm³/mol. The molecular weight excluding hydrogens is 304 g/mol. The van der Waals surface area contributed by atoms with Gasteiger partial charge in [0.15, 0.2) is 0 Å². The standard InChI is InChI=1S/C20H34O4/c1-13(2)15-8-9-20(5)18(24-20)7-6-14(3)10-16(21)12-19(4,23)17(22)11-15/h11,13-14,17-18,22-23H,6-10,12H2,1-5H3/b15-11-/t14-,17-,18-,19-,20-/m1/s1. The Morgan fingerprint density at radius 1 is 1.29 bits per heavy atom. The molecule has 0 aromatic carbocycles. The number of carbonyl (C=O) groups is 1. The van der Waals surface area contributed by atoms with E-state index in [1.165, 1.54) is 0 Å². The van der Waals surface area contributed by atoms with Crippen LogP contribution in [0, 0.1) is 11.8 Å². The SMILES string of the molecule is CC(C)/C1=C\[C@@H](O)[C@](C)(O)CC(=O)C[C@H](C)CC[C@H]2O[C@]2(C)CC1. The fraction of sp³-hybridized carbons (Fsp3) is 0.850. The van der Waals surface area contributed by atoms with Gasteiger partial charge in [-0.05, 0) is 51.4 Å². The highest BCUT2D eigenvalue weighted by Crippen LogP contribution is 2.45. The molecule has 0 bridgehead atoms. The number of ether oxygens (including phenoxy) is 1. The number of rotatable bonds is 1. The minimum atomic E-state index is -1.41. The van der Waals surface area contributed by atoms with Gasteiger partial charge >= 0.3 is 0 Å². The maximum Gasteiger partial charge on any atom is 0.136 e. The second-order valence-corrected chi connectivity index (χ2v) is 8.72. The summed E-state index contributed by atoms with van der Waals surface area (Å²) >= 11 is 0. The van der Waals surface area contributed by atoms with Gasteiger partial charge in [0.05, 0.1) is 17.3 Å². The van der Waals surface area contributed by atoms with Crippen molar-refractivity contribution < 1.29 is 19.7 Å².